The third-order valence-corrected chi connectivity index (χ3v) is 6.02. The summed E-state index contributed by atoms with van der Waals surface area (Å²) < 4.78 is 8.16. The number of para-hydroxylation sites is 2. The third-order valence-electron chi connectivity index (χ3n) is 6.02. The maximum Gasteiger partial charge on any atom is 0.328 e. The summed E-state index contributed by atoms with van der Waals surface area (Å²) in [4.78, 5) is 30.8. The number of hydrogen-bond donors (Lipinski definition) is 0. The van der Waals surface area contributed by atoms with Gasteiger partial charge in [0.1, 0.15) is 5.69 Å². The van der Waals surface area contributed by atoms with Gasteiger partial charge in [0, 0.05) is 51.4 Å². The smallest absolute Gasteiger partial charge is 0.328 e. The fraction of sp³-hybridized carbons (Fsp3) is 0.292. The lowest BCUT2D eigenvalue weighted by Gasteiger charge is -2.35. The summed E-state index contributed by atoms with van der Waals surface area (Å²) >= 11 is 0. The zero-order valence-corrected chi connectivity index (χ0v) is 18.0. The van der Waals surface area contributed by atoms with E-state index in [0.717, 1.165) is 30.5 Å². The Balaban J connectivity index is 1.55. The molecule has 164 valence electrons. The lowest BCUT2D eigenvalue weighted by molar-refractivity contribution is 0.106. The molecule has 0 aliphatic carbocycles. The Morgan fingerprint density at radius 3 is 2.47 bits per heavy atom. The van der Waals surface area contributed by atoms with Crippen LogP contribution in [0.2, 0.25) is 0 Å². The van der Waals surface area contributed by atoms with Crippen LogP contribution in [-0.4, -0.2) is 76.6 Å². The lowest BCUT2D eigenvalue weighted by Crippen LogP contribution is -2.50. The first kappa shape index (κ1) is 20.4. The Morgan fingerprint density at radius 2 is 1.72 bits per heavy atom. The van der Waals surface area contributed by atoms with Crippen LogP contribution in [0.4, 0.5) is 4.79 Å². The van der Waals surface area contributed by atoms with Gasteiger partial charge in [-0.3, -0.25) is 14.3 Å². The van der Waals surface area contributed by atoms with Gasteiger partial charge in [-0.1, -0.05) is 36.4 Å². The number of pyridine rings is 1. The Hall–Kier alpha value is -3.49. The van der Waals surface area contributed by atoms with Gasteiger partial charge in [0.15, 0.2) is 0 Å². The largest absolute Gasteiger partial charge is 0.383 e. The SMILES string of the molecule is COCCN1CCN(C(=O)n2cc3c(=O)n(-c4ccccc4)nc-3c3ccccc32)CC1. The zero-order valence-electron chi connectivity index (χ0n) is 18.0. The van der Waals surface area contributed by atoms with Crippen molar-refractivity contribution in [2.24, 2.45) is 0 Å². The fourth-order valence-electron chi connectivity index (χ4n) is 4.25. The van der Waals surface area contributed by atoms with Gasteiger partial charge in [-0.2, -0.15) is 9.78 Å². The highest BCUT2D eigenvalue weighted by atomic mass is 16.5. The summed E-state index contributed by atoms with van der Waals surface area (Å²) in [5.74, 6) is 0. The number of amides is 1. The first-order valence-electron chi connectivity index (χ1n) is 10.8. The van der Waals surface area contributed by atoms with Crippen molar-refractivity contribution in [1.82, 2.24) is 24.1 Å². The van der Waals surface area contributed by atoms with Gasteiger partial charge in [-0.15, -0.1) is 0 Å². The molecule has 5 rings (SSSR count). The second-order valence-corrected chi connectivity index (χ2v) is 7.94. The molecule has 0 radical (unpaired) electrons. The monoisotopic (exact) mass is 431 g/mol. The van der Waals surface area contributed by atoms with E-state index < -0.39 is 0 Å². The van der Waals surface area contributed by atoms with Crippen LogP contribution in [0.15, 0.2) is 65.6 Å². The van der Waals surface area contributed by atoms with Crippen LogP contribution in [0.3, 0.4) is 0 Å². The second kappa shape index (κ2) is 8.57. The van der Waals surface area contributed by atoms with Crippen LogP contribution in [0.25, 0.3) is 27.8 Å². The van der Waals surface area contributed by atoms with E-state index in [9.17, 15) is 9.59 Å². The van der Waals surface area contributed by atoms with Crippen LogP contribution >= 0.6 is 0 Å². The zero-order chi connectivity index (χ0) is 22.1. The highest BCUT2D eigenvalue weighted by Crippen LogP contribution is 2.28. The van der Waals surface area contributed by atoms with Crippen molar-refractivity contribution in [3.63, 3.8) is 0 Å². The highest BCUT2D eigenvalue weighted by Gasteiger charge is 2.26. The van der Waals surface area contributed by atoms with E-state index in [-0.39, 0.29) is 11.6 Å². The van der Waals surface area contributed by atoms with E-state index in [1.807, 2.05) is 59.5 Å². The van der Waals surface area contributed by atoms with Crippen molar-refractivity contribution in [2.45, 2.75) is 0 Å². The van der Waals surface area contributed by atoms with Gasteiger partial charge < -0.3 is 9.64 Å². The molecule has 1 saturated heterocycles. The number of ether oxygens (including phenoxy) is 1. The maximum atomic E-state index is 13.5. The lowest BCUT2D eigenvalue weighted by atomic mass is 10.1. The fourth-order valence-corrected chi connectivity index (χ4v) is 4.25. The molecule has 1 fully saturated rings. The van der Waals surface area contributed by atoms with Gasteiger partial charge >= 0.3 is 6.03 Å². The molecular formula is C24H25N5O3. The summed E-state index contributed by atoms with van der Waals surface area (Å²) in [7, 11) is 1.70. The average Bonchev–Trinajstić information content (AvgIpc) is 3.19. The number of nitrogens with zero attached hydrogens (tertiary/aromatic N) is 5. The molecular weight excluding hydrogens is 406 g/mol. The Kier molecular flexibility index (Phi) is 5.46. The van der Waals surface area contributed by atoms with E-state index in [4.69, 9.17) is 4.74 Å². The molecule has 0 unspecified atom stereocenters. The van der Waals surface area contributed by atoms with Gasteiger partial charge in [0.2, 0.25) is 0 Å². The second-order valence-electron chi connectivity index (χ2n) is 7.94. The van der Waals surface area contributed by atoms with E-state index in [0.29, 0.717) is 36.6 Å². The molecule has 1 amide bonds. The molecule has 32 heavy (non-hydrogen) atoms. The summed E-state index contributed by atoms with van der Waals surface area (Å²) in [5.41, 5.74) is 2.23. The van der Waals surface area contributed by atoms with Crippen LogP contribution in [-0.2, 0) is 4.74 Å². The van der Waals surface area contributed by atoms with Gasteiger partial charge in [-0.05, 0) is 18.2 Å². The minimum Gasteiger partial charge on any atom is -0.383 e. The first-order valence-corrected chi connectivity index (χ1v) is 10.8. The number of aromatic nitrogens is 3. The molecule has 0 bridgehead atoms. The van der Waals surface area contributed by atoms with Crippen molar-refractivity contribution in [1.29, 1.82) is 0 Å². The maximum absolute atomic E-state index is 13.5. The topological polar surface area (TPSA) is 72.6 Å². The minimum absolute atomic E-state index is 0.124. The van der Waals surface area contributed by atoms with E-state index in [1.54, 1.807) is 17.9 Å². The molecule has 0 atom stereocenters. The average molecular weight is 431 g/mol. The summed E-state index contributed by atoms with van der Waals surface area (Å²) in [6.07, 6.45) is 1.64. The van der Waals surface area contributed by atoms with Crippen molar-refractivity contribution >= 4 is 16.9 Å². The van der Waals surface area contributed by atoms with Crippen LogP contribution < -0.4 is 5.56 Å². The molecule has 0 aromatic heterocycles. The molecule has 3 aliphatic heterocycles. The number of carbonyl (C=O) groups is 1. The third kappa shape index (κ3) is 3.57. The van der Waals surface area contributed by atoms with Gasteiger partial charge in [-0.25, -0.2) is 4.79 Å². The molecule has 2 aromatic carbocycles. The molecule has 8 nitrogen and oxygen atoms in total. The van der Waals surface area contributed by atoms with Gasteiger partial charge in [0.05, 0.1) is 23.4 Å². The van der Waals surface area contributed by atoms with E-state index >= 15 is 0 Å². The molecule has 2 aromatic rings. The number of benzene rings is 2. The van der Waals surface area contributed by atoms with Crippen LogP contribution in [0.1, 0.15) is 0 Å². The summed E-state index contributed by atoms with van der Waals surface area (Å²) in [5, 5.41) is 5.39. The van der Waals surface area contributed by atoms with E-state index in [1.165, 1.54) is 4.68 Å². The number of hydrogen-bond acceptors (Lipinski definition) is 5. The number of fused-ring (bicyclic) bond motifs is 3. The van der Waals surface area contributed by atoms with Gasteiger partial charge in [0.25, 0.3) is 5.56 Å². The minimum atomic E-state index is -0.233. The van der Waals surface area contributed by atoms with Crippen LogP contribution in [0, 0.1) is 0 Å². The number of piperazine rings is 1. The van der Waals surface area contributed by atoms with Crippen LogP contribution in [0.5, 0.6) is 0 Å². The standard InChI is InChI=1S/C24H25N5O3/c1-32-16-15-26-11-13-27(14-12-26)24(31)28-17-20-22(19-9-5-6-10-21(19)28)25-29(23(20)30)18-7-3-2-4-8-18/h2-10,17H,11-16H2,1H3. The quantitative estimate of drug-likeness (QED) is 0.497. The Bertz CT molecular complexity index is 1270. The Morgan fingerprint density at radius 1 is 1.00 bits per heavy atom. The summed E-state index contributed by atoms with van der Waals surface area (Å²) in [6, 6.07) is 16.8. The molecule has 0 saturated carbocycles. The highest BCUT2D eigenvalue weighted by molar-refractivity contribution is 5.99. The molecule has 3 aliphatic rings. The van der Waals surface area contributed by atoms with Crippen molar-refractivity contribution in [3.8, 4) is 16.9 Å². The predicted molar refractivity (Wildman–Crippen MR) is 123 cm³/mol. The normalized spacial score (nSPS) is 15.0. The first-order chi connectivity index (χ1) is 15.7. The van der Waals surface area contributed by atoms with E-state index in [2.05, 4.69) is 10.00 Å². The Labute approximate surface area is 185 Å². The van der Waals surface area contributed by atoms with Crippen molar-refractivity contribution in [3.05, 3.63) is 71.1 Å². The number of carbonyl (C=O) groups excluding carboxylic acids is 1. The summed E-state index contributed by atoms with van der Waals surface area (Å²) in [6.45, 7) is 4.41. The number of methoxy groups -OCH3 is 1. The molecule has 8 heteroatoms. The molecule has 0 spiro atoms. The predicted octanol–water partition coefficient (Wildman–Crippen LogP) is 2.52. The van der Waals surface area contributed by atoms with Crippen molar-refractivity contribution in [2.75, 3.05) is 46.4 Å². The molecule has 0 N–H and O–H groups in total. The number of rotatable bonds is 4. The van der Waals surface area contributed by atoms with Crippen molar-refractivity contribution < 1.29 is 9.53 Å². The molecule has 3 heterocycles.